The van der Waals surface area contributed by atoms with Gasteiger partial charge in [-0.2, -0.15) is 0 Å². The number of urea groups is 1. The molecule has 19 heavy (non-hydrogen) atoms. The van der Waals surface area contributed by atoms with Crippen LogP contribution in [0.3, 0.4) is 0 Å². The van der Waals surface area contributed by atoms with Crippen LogP contribution in [-0.2, 0) is 4.79 Å². The fourth-order valence-corrected chi connectivity index (χ4v) is 2.10. The highest BCUT2D eigenvalue weighted by Gasteiger charge is 2.29. The molecule has 1 atom stereocenters. The van der Waals surface area contributed by atoms with Gasteiger partial charge < -0.3 is 10.6 Å². The van der Waals surface area contributed by atoms with Crippen LogP contribution in [0.2, 0.25) is 0 Å². The minimum atomic E-state index is -0.427. The predicted molar refractivity (Wildman–Crippen MR) is 74.1 cm³/mol. The van der Waals surface area contributed by atoms with Crippen molar-refractivity contribution in [1.82, 2.24) is 10.2 Å². The van der Waals surface area contributed by atoms with Crippen LogP contribution >= 0.6 is 0 Å². The second-order valence-electron chi connectivity index (χ2n) is 4.91. The summed E-state index contributed by atoms with van der Waals surface area (Å²) in [7, 11) is 0. The molecule has 3 amide bonds. The van der Waals surface area contributed by atoms with E-state index in [0.29, 0.717) is 13.1 Å². The van der Waals surface area contributed by atoms with Gasteiger partial charge in [0.1, 0.15) is 6.04 Å². The number of nitrogens with zero attached hydrogens (tertiary/aromatic N) is 1. The van der Waals surface area contributed by atoms with Crippen LogP contribution < -0.4 is 10.6 Å². The number of benzene rings is 1. The monoisotopic (exact) mass is 261 g/mol. The zero-order valence-corrected chi connectivity index (χ0v) is 11.5. The second kappa shape index (κ2) is 5.30. The lowest BCUT2D eigenvalue weighted by Gasteiger charge is -2.21. The summed E-state index contributed by atoms with van der Waals surface area (Å²) in [6, 6.07) is 5.31. The zero-order chi connectivity index (χ0) is 14.0. The van der Waals surface area contributed by atoms with Gasteiger partial charge in [-0.15, -0.1) is 0 Å². The lowest BCUT2D eigenvalue weighted by molar-refractivity contribution is -0.128. The fourth-order valence-electron chi connectivity index (χ4n) is 2.10. The average Bonchev–Trinajstić information content (AvgIpc) is 2.79. The van der Waals surface area contributed by atoms with Gasteiger partial charge >= 0.3 is 6.03 Å². The molecule has 5 nitrogen and oxygen atoms in total. The Balaban J connectivity index is 2.08. The Morgan fingerprint density at radius 3 is 2.79 bits per heavy atom. The van der Waals surface area contributed by atoms with Crippen molar-refractivity contribution in [2.45, 2.75) is 26.8 Å². The van der Waals surface area contributed by atoms with Crippen LogP contribution in [0.5, 0.6) is 0 Å². The van der Waals surface area contributed by atoms with E-state index in [2.05, 4.69) is 10.6 Å². The lowest BCUT2D eigenvalue weighted by atomic mass is 10.1. The molecule has 0 aliphatic carbocycles. The minimum absolute atomic E-state index is 0.198. The number of anilines is 1. The van der Waals surface area contributed by atoms with Gasteiger partial charge in [0.05, 0.1) is 0 Å². The quantitative estimate of drug-likeness (QED) is 0.869. The number of imide groups is 1. The maximum atomic E-state index is 12.2. The summed E-state index contributed by atoms with van der Waals surface area (Å²) in [6.07, 6.45) is 0. The molecule has 1 aliphatic heterocycles. The fraction of sp³-hybridized carbons (Fsp3) is 0.429. The van der Waals surface area contributed by atoms with E-state index >= 15 is 0 Å². The van der Waals surface area contributed by atoms with E-state index in [0.717, 1.165) is 16.8 Å². The highest BCUT2D eigenvalue weighted by molar-refractivity contribution is 5.99. The summed E-state index contributed by atoms with van der Waals surface area (Å²) in [4.78, 5) is 24.9. The molecule has 0 bridgehead atoms. The van der Waals surface area contributed by atoms with E-state index in [-0.39, 0.29) is 11.9 Å². The average molecular weight is 261 g/mol. The topological polar surface area (TPSA) is 61.4 Å². The van der Waals surface area contributed by atoms with Gasteiger partial charge in [-0.3, -0.25) is 9.69 Å². The Hall–Kier alpha value is -2.04. The van der Waals surface area contributed by atoms with E-state index in [1.54, 1.807) is 6.92 Å². The number of carbonyl (C=O) groups excluding carboxylic acids is 2. The summed E-state index contributed by atoms with van der Waals surface area (Å²) >= 11 is 0. The van der Waals surface area contributed by atoms with Crippen molar-refractivity contribution >= 4 is 17.6 Å². The summed E-state index contributed by atoms with van der Waals surface area (Å²) in [5.74, 6) is -0.198. The maximum Gasteiger partial charge on any atom is 0.324 e. The molecule has 0 unspecified atom stereocenters. The highest BCUT2D eigenvalue weighted by atomic mass is 16.2. The maximum absolute atomic E-state index is 12.2. The first-order valence-electron chi connectivity index (χ1n) is 6.42. The third-order valence-electron chi connectivity index (χ3n) is 3.26. The molecular formula is C14H19N3O2. The molecule has 0 saturated carbocycles. The predicted octanol–water partition coefficient (Wildman–Crippen LogP) is 1.66. The Kier molecular flexibility index (Phi) is 3.74. The van der Waals surface area contributed by atoms with Crippen molar-refractivity contribution in [2.24, 2.45) is 0 Å². The Labute approximate surface area is 113 Å². The molecule has 2 rings (SSSR count). The molecule has 1 aromatic carbocycles. The molecule has 1 aliphatic rings. The van der Waals surface area contributed by atoms with Gasteiger partial charge in [0.2, 0.25) is 0 Å². The molecule has 0 spiro atoms. The molecule has 1 saturated heterocycles. The Morgan fingerprint density at radius 1 is 1.42 bits per heavy atom. The van der Waals surface area contributed by atoms with Crippen molar-refractivity contribution in [3.63, 3.8) is 0 Å². The molecule has 1 fully saturated rings. The standard InChI is InChI=1S/C14H19N3O2/c1-9-4-5-10(2)12(8-9)16-11(3)13(18)17-7-6-15-14(17)19/h4-5,8,11,16H,6-7H2,1-3H3,(H,15,19)/t11-/m0/s1. The normalized spacial score (nSPS) is 16.2. The SMILES string of the molecule is Cc1ccc(C)c(N[C@@H](C)C(=O)N2CCNC2=O)c1. The van der Waals surface area contributed by atoms with Gasteiger partial charge in [0.15, 0.2) is 0 Å². The van der Waals surface area contributed by atoms with Gasteiger partial charge in [0, 0.05) is 18.8 Å². The lowest BCUT2D eigenvalue weighted by Crippen LogP contribution is -2.43. The smallest absolute Gasteiger partial charge is 0.324 e. The van der Waals surface area contributed by atoms with Crippen LogP contribution in [0.1, 0.15) is 18.1 Å². The van der Waals surface area contributed by atoms with Gasteiger partial charge in [0.25, 0.3) is 5.91 Å². The molecular weight excluding hydrogens is 242 g/mol. The second-order valence-corrected chi connectivity index (χ2v) is 4.91. The van der Waals surface area contributed by atoms with Crippen molar-refractivity contribution < 1.29 is 9.59 Å². The van der Waals surface area contributed by atoms with E-state index in [1.807, 2.05) is 32.0 Å². The Bertz CT molecular complexity index is 513. The van der Waals surface area contributed by atoms with Gasteiger partial charge in [-0.1, -0.05) is 12.1 Å². The third kappa shape index (κ3) is 2.86. The first-order chi connectivity index (χ1) is 8.99. The number of hydrogen-bond acceptors (Lipinski definition) is 3. The largest absolute Gasteiger partial charge is 0.374 e. The van der Waals surface area contributed by atoms with E-state index in [1.165, 1.54) is 4.90 Å². The number of hydrogen-bond donors (Lipinski definition) is 2. The number of aryl methyl sites for hydroxylation is 2. The van der Waals surface area contributed by atoms with Crippen molar-refractivity contribution in [3.8, 4) is 0 Å². The van der Waals surface area contributed by atoms with Crippen LogP contribution in [-0.4, -0.2) is 36.0 Å². The Morgan fingerprint density at radius 2 is 2.16 bits per heavy atom. The number of rotatable bonds is 3. The molecule has 1 aromatic rings. The number of nitrogens with one attached hydrogen (secondary N) is 2. The van der Waals surface area contributed by atoms with E-state index < -0.39 is 6.04 Å². The molecule has 0 radical (unpaired) electrons. The first-order valence-corrected chi connectivity index (χ1v) is 6.42. The summed E-state index contributed by atoms with van der Waals surface area (Å²) in [5.41, 5.74) is 3.14. The highest BCUT2D eigenvalue weighted by Crippen LogP contribution is 2.18. The van der Waals surface area contributed by atoms with Crippen molar-refractivity contribution in [2.75, 3.05) is 18.4 Å². The summed E-state index contributed by atoms with van der Waals surface area (Å²) in [6.45, 7) is 6.74. The van der Waals surface area contributed by atoms with Crippen LogP contribution in [0.15, 0.2) is 18.2 Å². The summed E-state index contributed by atoms with van der Waals surface area (Å²) < 4.78 is 0. The number of amides is 3. The van der Waals surface area contributed by atoms with E-state index in [4.69, 9.17) is 0 Å². The molecule has 1 heterocycles. The molecule has 2 N–H and O–H groups in total. The molecule has 0 aromatic heterocycles. The van der Waals surface area contributed by atoms with Gasteiger partial charge in [-0.05, 0) is 38.0 Å². The van der Waals surface area contributed by atoms with Crippen LogP contribution in [0, 0.1) is 13.8 Å². The molecule has 5 heteroatoms. The first kappa shape index (κ1) is 13.4. The number of carbonyl (C=O) groups is 2. The van der Waals surface area contributed by atoms with Crippen LogP contribution in [0.25, 0.3) is 0 Å². The zero-order valence-electron chi connectivity index (χ0n) is 11.5. The van der Waals surface area contributed by atoms with E-state index in [9.17, 15) is 9.59 Å². The van der Waals surface area contributed by atoms with Gasteiger partial charge in [-0.25, -0.2) is 4.79 Å². The minimum Gasteiger partial charge on any atom is -0.374 e. The van der Waals surface area contributed by atoms with Crippen molar-refractivity contribution in [1.29, 1.82) is 0 Å². The molecule has 102 valence electrons. The summed E-state index contributed by atoms with van der Waals surface area (Å²) in [5, 5.41) is 5.81. The van der Waals surface area contributed by atoms with Crippen molar-refractivity contribution in [3.05, 3.63) is 29.3 Å². The van der Waals surface area contributed by atoms with Crippen LogP contribution in [0.4, 0.5) is 10.5 Å². The third-order valence-corrected chi connectivity index (χ3v) is 3.26.